The van der Waals surface area contributed by atoms with Crippen molar-refractivity contribution in [1.29, 1.82) is 0 Å². The molecule has 0 amide bonds. The molecule has 3 rings (SSSR count). The van der Waals surface area contributed by atoms with Crippen LogP contribution >= 0.6 is 23.4 Å². The van der Waals surface area contributed by atoms with Crippen molar-refractivity contribution in [2.45, 2.75) is 30.9 Å². The SMILES string of the molecule is CC(C)Oc1ccc(NC2CSc3ccccc32)cc1Cl. The third kappa shape index (κ3) is 3.30. The Hall–Kier alpha value is -1.32. The van der Waals surface area contributed by atoms with Crippen LogP contribution in [0.2, 0.25) is 5.02 Å². The van der Waals surface area contributed by atoms with E-state index in [-0.39, 0.29) is 6.10 Å². The molecule has 4 heteroatoms. The average Bonchev–Trinajstić information content (AvgIpc) is 2.85. The van der Waals surface area contributed by atoms with Crippen molar-refractivity contribution in [2.24, 2.45) is 0 Å². The molecule has 0 fully saturated rings. The molecule has 0 aliphatic carbocycles. The van der Waals surface area contributed by atoms with Crippen LogP contribution in [0.4, 0.5) is 5.69 Å². The van der Waals surface area contributed by atoms with E-state index in [0.29, 0.717) is 11.1 Å². The summed E-state index contributed by atoms with van der Waals surface area (Å²) in [7, 11) is 0. The smallest absolute Gasteiger partial charge is 0.138 e. The number of thioether (sulfide) groups is 1. The van der Waals surface area contributed by atoms with E-state index >= 15 is 0 Å². The maximum atomic E-state index is 6.29. The zero-order valence-corrected chi connectivity index (χ0v) is 13.7. The van der Waals surface area contributed by atoms with Crippen molar-refractivity contribution in [3.8, 4) is 5.75 Å². The van der Waals surface area contributed by atoms with Gasteiger partial charge in [-0.05, 0) is 43.7 Å². The summed E-state index contributed by atoms with van der Waals surface area (Å²) in [5, 5.41) is 4.20. The Kier molecular flexibility index (Phi) is 4.32. The van der Waals surface area contributed by atoms with Gasteiger partial charge >= 0.3 is 0 Å². The number of anilines is 1. The molecule has 0 spiro atoms. The van der Waals surface area contributed by atoms with Crippen LogP contribution in [0.1, 0.15) is 25.5 Å². The molecular weight excluding hydrogens is 302 g/mol. The summed E-state index contributed by atoms with van der Waals surface area (Å²) < 4.78 is 5.66. The first-order valence-corrected chi connectivity index (χ1v) is 8.44. The molecule has 0 bridgehead atoms. The fourth-order valence-corrected chi connectivity index (χ4v) is 3.81. The number of benzene rings is 2. The lowest BCUT2D eigenvalue weighted by Gasteiger charge is -2.17. The van der Waals surface area contributed by atoms with E-state index in [4.69, 9.17) is 16.3 Å². The first-order chi connectivity index (χ1) is 10.1. The molecule has 1 unspecified atom stereocenters. The minimum atomic E-state index is 0.124. The average molecular weight is 320 g/mol. The summed E-state index contributed by atoms with van der Waals surface area (Å²) >= 11 is 8.18. The number of hydrogen-bond donors (Lipinski definition) is 1. The van der Waals surface area contributed by atoms with Crippen molar-refractivity contribution in [3.05, 3.63) is 53.1 Å². The van der Waals surface area contributed by atoms with Crippen LogP contribution in [0.15, 0.2) is 47.4 Å². The number of halogens is 1. The summed E-state index contributed by atoms with van der Waals surface area (Å²) in [5.74, 6) is 1.78. The van der Waals surface area contributed by atoms with Crippen LogP contribution in [0.25, 0.3) is 0 Å². The van der Waals surface area contributed by atoms with Gasteiger partial charge in [-0.1, -0.05) is 29.8 Å². The molecule has 1 aliphatic heterocycles. The predicted octanol–water partition coefficient (Wildman–Crippen LogP) is 5.39. The summed E-state index contributed by atoms with van der Waals surface area (Å²) in [6.07, 6.45) is 0.124. The Labute approximate surface area is 134 Å². The van der Waals surface area contributed by atoms with Crippen LogP contribution in [0.3, 0.4) is 0 Å². The van der Waals surface area contributed by atoms with Gasteiger partial charge < -0.3 is 10.1 Å². The van der Waals surface area contributed by atoms with Gasteiger partial charge in [0.1, 0.15) is 5.75 Å². The van der Waals surface area contributed by atoms with Crippen molar-refractivity contribution in [1.82, 2.24) is 0 Å². The second-order valence-electron chi connectivity index (χ2n) is 5.36. The van der Waals surface area contributed by atoms with Gasteiger partial charge in [-0.25, -0.2) is 0 Å². The van der Waals surface area contributed by atoms with E-state index < -0.39 is 0 Å². The zero-order chi connectivity index (χ0) is 14.8. The van der Waals surface area contributed by atoms with Gasteiger partial charge in [-0.3, -0.25) is 0 Å². The molecule has 2 nitrogen and oxygen atoms in total. The lowest BCUT2D eigenvalue weighted by Crippen LogP contribution is -2.10. The minimum absolute atomic E-state index is 0.124. The number of nitrogens with one attached hydrogen (secondary N) is 1. The van der Waals surface area contributed by atoms with Gasteiger partial charge in [-0.15, -0.1) is 11.8 Å². The Morgan fingerprint density at radius 3 is 2.81 bits per heavy atom. The molecule has 1 atom stereocenters. The Balaban J connectivity index is 1.76. The van der Waals surface area contributed by atoms with Gasteiger partial charge in [0.2, 0.25) is 0 Å². The van der Waals surface area contributed by atoms with Crippen LogP contribution in [0, 0.1) is 0 Å². The lowest BCUT2D eigenvalue weighted by atomic mass is 10.1. The molecule has 2 aromatic carbocycles. The Bertz CT molecular complexity index is 644. The molecule has 21 heavy (non-hydrogen) atoms. The second kappa shape index (κ2) is 6.20. The zero-order valence-electron chi connectivity index (χ0n) is 12.1. The summed E-state index contributed by atoms with van der Waals surface area (Å²) in [6.45, 7) is 3.99. The largest absolute Gasteiger partial charge is 0.489 e. The van der Waals surface area contributed by atoms with Crippen LogP contribution in [0.5, 0.6) is 5.75 Å². The highest BCUT2D eigenvalue weighted by Gasteiger charge is 2.22. The molecule has 0 saturated heterocycles. The van der Waals surface area contributed by atoms with Crippen LogP contribution in [-0.4, -0.2) is 11.9 Å². The first kappa shape index (κ1) is 14.6. The first-order valence-electron chi connectivity index (χ1n) is 7.08. The topological polar surface area (TPSA) is 21.3 Å². The molecule has 1 aliphatic rings. The maximum absolute atomic E-state index is 6.29. The summed E-state index contributed by atoms with van der Waals surface area (Å²) in [6, 6.07) is 14.8. The van der Waals surface area contributed by atoms with Crippen LogP contribution < -0.4 is 10.1 Å². The number of fused-ring (bicyclic) bond motifs is 1. The Morgan fingerprint density at radius 2 is 2.05 bits per heavy atom. The lowest BCUT2D eigenvalue weighted by molar-refractivity contribution is 0.242. The highest BCUT2D eigenvalue weighted by atomic mass is 35.5. The third-order valence-corrected chi connectivity index (χ3v) is 4.81. The van der Waals surface area contributed by atoms with E-state index in [1.54, 1.807) is 0 Å². The monoisotopic (exact) mass is 319 g/mol. The summed E-state index contributed by atoms with van der Waals surface area (Å²) in [5.41, 5.74) is 2.39. The van der Waals surface area contributed by atoms with E-state index in [0.717, 1.165) is 17.2 Å². The van der Waals surface area contributed by atoms with Crippen molar-refractivity contribution < 1.29 is 4.74 Å². The fraction of sp³-hybridized carbons (Fsp3) is 0.294. The van der Waals surface area contributed by atoms with Crippen LogP contribution in [-0.2, 0) is 0 Å². The molecule has 2 aromatic rings. The van der Waals surface area contributed by atoms with Gasteiger partial charge in [0.15, 0.2) is 0 Å². The Morgan fingerprint density at radius 1 is 1.24 bits per heavy atom. The molecule has 110 valence electrons. The molecule has 1 N–H and O–H groups in total. The number of rotatable bonds is 4. The third-order valence-electron chi connectivity index (χ3n) is 3.34. The minimum Gasteiger partial charge on any atom is -0.489 e. The van der Waals surface area contributed by atoms with E-state index in [1.807, 2.05) is 43.8 Å². The van der Waals surface area contributed by atoms with E-state index in [9.17, 15) is 0 Å². The molecule has 0 aromatic heterocycles. The van der Waals surface area contributed by atoms with Gasteiger partial charge in [0.25, 0.3) is 0 Å². The standard InChI is InChI=1S/C17H18ClNOS/c1-11(2)20-16-8-7-12(9-14(16)18)19-15-10-21-17-6-4-3-5-13(15)17/h3-9,11,15,19H,10H2,1-2H3. The van der Waals surface area contributed by atoms with E-state index in [1.165, 1.54) is 10.5 Å². The van der Waals surface area contributed by atoms with Crippen molar-refractivity contribution >= 4 is 29.1 Å². The fourth-order valence-electron chi connectivity index (χ4n) is 2.42. The summed E-state index contributed by atoms with van der Waals surface area (Å²) in [4.78, 5) is 1.36. The molecular formula is C17H18ClNOS. The molecule has 0 radical (unpaired) electrons. The van der Waals surface area contributed by atoms with Crippen molar-refractivity contribution in [3.63, 3.8) is 0 Å². The van der Waals surface area contributed by atoms with E-state index in [2.05, 4.69) is 29.6 Å². The highest BCUT2D eigenvalue weighted by Crippen LogP contribution is 2.40. The maximum Gasteiger partial charge on any atom is 0.138 e. The van der Waals surface area contributed by atoms with Crippen molar-refractivity contribution in [2.75, 3.05) is 11.1 Å². The number of hydrogen-bond acceptors (Lipinski definition) is 3. The van der Waals surface area contributed by atoms with Gasteiger partial charge in [0.05, 0.1) is 17.2 Å². The van der Waals surface area contributed by atoms with Gasteiger partial charge in [0, 0.05) is 16.3 Å². The molecule has 1 heterocycles. The highest BCUT2D eigenvalue weighted by molar-refractivity contribution is 7.99. The number of ether oxygens (including phenoxy) is 1. The quantitative estimate of drug-likeness (QED) is 0.816. The second-order valence-corrected chi connectivity index (χ2v) is 6.83. The predicted molar refractivity (Wildman–Crippen MR) is 90.7 cm³/mol. The van der Waals surface area contributed by atoms with Gasteiger partial charge in [-0.2, -0.15) is 0 Å². The molecule has 0 saturated carbocycles. The normalized spacial score (nSPS) is 16.9.